The smallest absolute Gasteiger partial charge is 0.328 e. The highest BCUT2D eigenvalue weighted by atomic mass is 16.5. The zero-order chi connectivity index (χ0) is 13.9. The van der Waals surface area contributed by atoms with Crippen molar-refractivity contribution in [2.24, 2.45) is 23.7 Å². The average Bonchev–Trinajstić information content (AvgIpc) is 3.19. The summed E-state index contributed by atoms with van der Waals surface area (Å²) in [7, 11) is 1.44. The first kappa shape index (κ1) is 12.2. The van der Waals surface area contributed by atoms with Crippen molar-refractivity contribution in [1.82, 2.24) is 4.90 Å². The Morgan fingerprint density at radius 3 is 2.80 bits per heavy atom. The Balaban J connectivity index is 1.65. The molecule has 0 aromatic heterocycles. The molecule has 4 nitrogen and oxygen atoms in total. The standard InChI is InChI=1S/C16H19NO3/c1-20-16(19)11-3-2-6-17(11)12-8-13(18)15-10-5-4-9(7-10)14(12)15/h4-5,8-11,14-15H,2-3,6-7H2,1H3/t9-,10+,11+,14+,15-/m1/s1. The summed E-state index contributed by atoms with van der Waals surface area (Å²) < 4.78 is 4.92. The molecule has 0 aromatic carbocycles. The number of fused-ring (bicyclic) bond motifs is 5. The molecule has 0 radical (unpaired) electrons. The van der Waals surface area contributed by atoms with Gasteiger partial charge in [-0.15, -0.1) is 0 Å². The second-order valence-corrected chi connectivity index (χ2v) is 6.35. The number of nitrogens with zero attached hydrogens (tertiary/aromatic N) is 1. The number of likely N-dealkylation sites (tertiary alicyclic amines) is 1. The maximum Gasteiger partial charge on any atom is 0.328 e. The third-order valence-corrected chi connectivity index (χ3v) is 5.48. The molecular formula is C16H19NO3. The van der Waals surface area contributed by atoms with Gasteiger partial charge in [0.2, 0.25) is 0 Å². The van der Waals surface area contributed by atoms with Crippen molar-refractivity contribution < 1.29 is 14.3 Å². The second-order valence-electron chi connectivity index (χ2n) is 6.35. The molecule has 1 heterocycles. The molecule has 0 spiro atoms. The Morgan fingerprint density at radius 2 is 2.05 bits per heavy atom. The summed E-state index contributed by atoms with van der Waals surface area (Å²) in [6.45, 7) is 0.864. The van der Waals surface area contributed by atoms with E-state index in [-0.39, 0.29) is 23.7 Å². The highest BCUT2D eigenvalue weighted by Gasteiger charge is 2.54. The van der Waals surface area contributed by atoms with Gasteiger partial charge in [0, 0.05) is 30.2 Å². The number of carbonyl (C=O) groups excluding carboxylic acids is 2. The number of ether oxygens (including phenoxy) is 1. The number of rotatable bonds is 2. The molecule has 0 amide bonds. The fourth-order valence-corrected chi connectivity index (χ4v) is 4.68. The van der Waals surface area contributed by atoms with Gasteiger partial charge in [-0.25, -0.2) is 4.79 Å². The monoisotopic (exact) mass is 273 g/mol. The molecule has 0 unspecified atom stereocenters. The molecule has 1 saturated carbocycles. The van der Waals surface area contributed by atoms with Crippen LogP contribution in [0.15, 0.2) is 23.9 Å². The summed E-state index contributed by atoms with van der Waals surface area (Å²) in [4.78, 5) is 26.4. The van der Waals surface area contributed by atoms with Gasteiger partial charge < -0.3 is 9.64 Å². The minimum absolute atomic E-state index is 0.138. The lowest BCUT2D eigenvalue weighted by Gasteiger charge is -2.32. The topological polar surface area (TPSA) is 46.6 Å². The van der Waals surface area contributed by atoms with Crippen LogP contribution in [0.4, 0.5) is 0 Å². The average molecular weight is 273 g/mol. The predicted octanol–water partition coefficient (Wildman–Crippen LogP) is 1.53. The maximum atomic E-state index is 12.3. The summed E-state index contributed by atoms with van der Waals surface area (Å²) in [6.07, 6.45) is 9.22. The van der Waals surface area contributed by atoms with E-state index >= 15 is 0 Å². The highest BCUT2D eigenvalue weighted by molar-refractivity contribution is 5.97. The van der Waals surface area contributed by atoms with Gasteiger partial charge in [0.05, 0.1) is 7.11 Å². The van der Waals surface area contributed by atoms with Crippen LogP contribution in [0, 0.1) is 23.7 Å². The van der Waals surface area contributed by atoms with E-state index in [2.05, 4.69) is 17.1 Å². The van der Waals surface area contributed by atoms with Crippen molar-refractivity contribution in [3.63, 3.8) is 0 Å². The molecule has 20 heavy (non-hydrogen) atoms. The lowest BCUT2D eigenvalue weighted by Crippen LogP contribution is -2.39. The Hall–Kier alpha value is -1.58. The zero-order valence-corrected chi connectivity index (χ0v) is 11.6. The minimum Gasteiger partial charge on any atom is -0.467 e. The third kappa shape index (κ3) is 1.48. The Labute approximate surface area is 118 Å². The van der Waals surface area contributed by atoms with Crippen molar-refractivity contribution in [3.8, 4) is 0 Å². The molecule has 4 heteroatoms. The Bertz CT molecular complexity index is 536. The van der Waals surface area contributed by atoms with Crippen LogP contribution in [0.2, 0.25) is 0 Å². The number of allylic oxidation sites excluding steroid dienone is 4. The van der Waals surface area contributed by atoms with Crippen LogP contribution in [0.3, 0.4) is 0 Å². The normalized spacial score (nSPS) is 41.2. The molecule has 2 bridgehead atoms. The van der Waals surface area contributed by atoms with E-state index in [0.717, 1.165) is 31.5 Å². The van der Waals surface area contributed by atoms with Crippen molar-refractivity contribution in [3.05, 3.63) is 23.9 Å². The minimum atomic E-state index is -0.194. The first-order valence-electron chi connectivity index (χ1n) is 7.49. The zero-order valence-electron chi connectivity index (χ0n) is 11.6. The number of hydrogen-bond donors (Lipinski definition) is 0. The van der Waals surface area contributed by atoms with E-state index in [4.69, 9.17) is 4.74 Å². The van der Waals surface area contributed by atoms with Gasteiger partial charge in [-0.2, -0.15) is 0 Å². The van der Waals surface area contributed by atoms with Gasteiger partial charge in [0.25, 0.3) is 0 Å². The van der Waals surface area contributed by atoms with Crippen LogP contribution in [-0.2, 0) is 14.3 Å². The van der Waals surface area contributed by atoms with Crippen LogP contribution in [0.25, 0.3) is 0 Å². The molecular weight excluding hydrogens is 254 g/mol. The maximum absolute atomic E-state index is 12.3. The second kappa shape index (κ2) is 4.21. The third-order valence-electron chi connectivity index (χ3n) is 5.48. The van der Waals surface area contributed by atoms with Crippen molar-refractivity contribution in [2.45, 2.75) is 25.3 Å². The summed E-state index contributed by atoms with van der Waals surface area (Å²) in [5, 5.41) is 0. The molecule has 0 aromatic rings. The molecule has 0 N–H and O–H groups in total. The van der Waals surface area contributed by atoms with Crippen LogP contribution in [0.1, 0.15) is 19.3 Å². The van der Waals surface area contributed by atoms with Crippen molar-refractivity contribution in [2.75, 3.05) is 13.7 Å². The first-order chi connectivity index (χ1) is 9.70. The molecule has 3 aliphatic carbocycles. The van der Waals surface area contributed by atoms with Gasteiger partial charge >= 0.3 is 5.97 Å². The largest absolute Gasteiger partial charge is 0.467 e. The van der Waals surface area contributed by atoms with Crippen molar-refractivity contribution >= 4 is 11.8 Å². The van der Waals surface area contributed by atoms with E-state index in [0.29, 0.717) is 17.8 Å². The molecule has 5 atom stereocenters. The number of hydrogen-bond acceptors (Lipinski definition) is 4. The summed E-state index contributed by atoms with van der Waals surface area (Å²) in [5.74, 6) is 1.45. The van der Waals surface area contributed by atoms with Gasteiger partial charge in [-0.1, -0.05) is 12.2 Å². The van der Waals surface area contributed by atoms with Gasteiger partial charge in [0.15, 0.2) is 5.78 Å². The Morgan fingerprint density at radius 1 is 1.30 bits per heavy atom. The molecule has 4 rings (SSSR count). The number of ketones is 1. The van der Waals surface area contributed by atoms with Crippen molar-refractivity contribution in [1.29, 1.82) is 0 Å². The van der Waals surface area contributed by atoms with E-state index in [1.165, 1.54) is 7.11 Å². The van der Waals surface area contributed by atoms with E-state index < -0.39 is 0 Å². The molecule has 1 aliphatic heterocycles. The predicted molar refractivity (Wildman–Crippen MR) is 72.6 cm³/mol. The van der Waals surface area contributed by atoms with Crippen LogP contribution >= 0.6 is 0 Å². The van der Waals surface area contributed by atoms with Gasteiger partial charge in [0.1, 0.15) is 6.04 Å². The summed E-state index contributed by atoms with van der Waals surface area (Å²) >= 11 is 0. The van der Waals surface area contributed by atoms with Crippen LogP contribution in [-0.4, -0.2) is 36.3 Å². The molecule has 4 aliphatic rings. The fourth-order valence-electron chi connectivity index (χ4n) is 4.68. The lowest BCUT2D eigenvalue weighted by molar-refractivity contribution is -0.145. The fraction of sp³-hybridized carbons (Fsp3) is 0.625. The van der Waals surface area contributed by atoms with Gasteiger partial charge in [-0.05, 0) is 31.1 Å². The number of carbonyl (C=O) groups is 2. The summed E-state index contributed by atoms with van der Waals surface area (Å²) in [6, 6.07) is -0.194. The first-order valence-corrected chi connectivity index (χ1v) is 7.49. The molecule has 1 saturated heterocycles. The highest BCUT2D eigenvalue weighted by Crippen LogP contribution is 2.55. The van der Waals surface area contributed by atoms with Crippen LogP contribution < -0.4 is 0 Å². The van der Waals surface area contributed by atoms with Crippen LogP contribution in [0.5, 0.6) is 0 Å². The number of esters is 1. The lowest BCUT2D eigenvalue weighted by atomic mass is 9.83. The summed E-state index contributed by atoms with van der Waals surface area (Å²) in [5.41, 5.74) is 1.10. The quantitative estimate of drug-likeness (QED) is 0.565. The molecule has 2 fully saturated rings. The van der Waals surface area contributed by atoms with Gasteiger partial charge in [-0.3, -0.25) is 4.79 Å². The van der Waals surface area contributed by atoms with E-state index in [1.54, 1.807) is 0 Å². The Kier molecular flexibility index (Phi) is 2.56. The number of methoxy groups -OCH3 is 1. The van der Waals surface area contributed by atoms with E-state index in [9.17, 15) is 9.59 Å². The molecule has 106 valence electrons. The van der Waals surface area contributed by atoms with E-state index in [1.807, 2.05) is 6.08 Å². The SMILES string of the molecule is COC(=O)[C@@H]1CCCN1C1=CC(=O)[C@@H]2[C@H]1[C@@H]1C=C[C@H]2C1.